The SMILES string of the molecule is Cc1cc(C(C)C)c2oc(CO)cc2c1. The Morgan fingerprint density at radius 1 is 1.27 bits per heavy atom. The monoisotopic (exact) mass is 204 g/mol. The minimum absolute atomic E-state index is 0.0364. The molecule has 2 aromatic rings. The van der Waals surface area contributed by atoms with Crippen molar-refractivity contribution in [3.05, 3.63) is 35.1 Å². The van der Waals surface area contributed by atoms with Gasteiger partial charge in [0.2, 0.25) is 0 Å². The normalized spacial score (nSPS) is 11.5. The van der Waals surface area contributed by atoms with Crippen LogP contribution >= 0.6 is 0 Å². The summed E-state index contributed by atoms with van der Waals surface area (Å²) in [6.07, 6.45) is 0. The minimum atomic E-state index is -0.0364. The number of aliphatic hydroxyl groups excluding tert-OH is 1. The first kappa shape index (κ1) is 10.2. The van der Waals surface area contributed by atoms with E-state index in [9.17, 15) is 0 Å². The van der Waals surface area contributed by atoms with Gasteiger partial charge in [0.1, 0.15) is 18.0 Å². The zero-order chi connectivity index (χ0) is 11.0. The van der Waals surface area contributed by atoms with E-state index in [-0.39, 0.29) is 6.61 Å². The van der Waals surface area contributed by atoms with E-state index >= 15 is 0 Å². The van der Waals surface area contributed by atoms with Gasteiger partial charge in [0.05, 0.1) is 0 Å². The standard InChI is InChI=1S/C13H16O2/c1-8(2)12-5-9(3)4-10-6-11(7-14)15-13(10)12/h4-6,8,14H,7H2,1-3H3. The molecular weight excluding hydrogens is 188 g/mol. The number of benzene rings is 1. The van der Waals surface area contributed by atoms with Crippen molar-refractivity contribution in [2.75, 3.05) is 0 Å². The smallest absolute Gasteiger partial charge is 0.137 e. The van der Waals surface area contributed by atoms with Crippen molar-refractivity contribution in [1.29, 1.82) is 0 Å². The summed E-state index contributed by atoms with van der Waals surface area (Å²) < 4.78 is 5.61. The predicted molar refractivity (Wildman–Crippen MR) is 61.0 cm³/mol. The average Bonchev–Trinajstić information content (AvgIpc) is 2.58. The summed E-state index contributed by atoms with van der Waals surface area (Å²) in [7, 11) is 0. The van der Waals surface area contributed by atoms with Gasteiger partial charge in [-0.25, -0.2) is 0 Å². The van der Waals surface area contributed by atoms with Gasteiger partial charge in [0.25, 0.3) is 0 Å². The largest absolute Gasteiger partial charge is 0.458 e. The topological polar surface area (TPSA) is 33.4 Å². The zero-order valence-electron chi connectivity index (χ0n) is 9.37. The molecule has 0 fully saturated rings. The van der Waals surface area contributed by atoms with Crippen LogP contribution in [0.15, 0.2) is 22.6 Å². The minimum Gasteiger partial charge on any atom is -0.458 e. The quantitative estimate of drug-likeness (QED) is 0.813. The van der Waals surface area contributed by atoms with Crippen molar-refractivity contribution in [3.63, 3.8) is 0 Å². The summed E-state index contributed by atoms with van der Waals surface area (Å²) in [5, 5.41) is 10.1. The van der Waals surface area contributed by atoms with Gasteiger partial charge in [-0.3, -0.25) is 0 Å². The lowest BCUT2D eigenvalue weighted by Crippen LogP contribution is -1.88. The first-order valence-corrected chi connectivity index (χ1v) is 5.25. The van der Waals surface area contributed by atoms with E-state index in [4.69, 9.17) is 9.52 Å². The molecule has 0 aliphatic heterocycles. The molecule has 1 heterocycles. The number of hydrogen-bond donors (Lipinski definition) is 1. The van der Waals surface area contributed by atoms with E-state index in [1.165, 1.54) is 11.1 Å². The van der Waals surface area contributed by atoms with Crippen LogP contribution in [0.2, 0.25) is 0 Å². The highest BCUT2D eigenvalue weighted by Crippen LogP contribution is 2.29. The van der Waals surface area contributed by atoms with Gasteiger partial charge in [-0.05, 0) is 36.1 Å². The molecule has 0 saturated heterocycles. The molecule has 0 amide bonds. The zero-order valence-corrected chi connectivity index (χ0v) is 9.37. The fraction of sp³-hybridized carbons (Fsp3) is 0.385. The van der Waals surface area contributed by atoms with Crippen LogP contribution in [0.25, 0.3) is 11.0 Å². The van der Waals surface area contributed by atoms with Crippen molar-refractivity contribution in [3.8, 4) is 0 Å². The van der Waals surface area contributed by atoms with Crippen LogP contribution in [-0.2, 0) is 6.61 Å². The Balaban J connectivity index is 2.72. The van der Waals surface area contributed by atoms with Gasteiger partial charge >= 0.3 is 0 Å². The van der Waals surface area contributed by atoms with E-state index in [2.05, 4.69) is 32.9 Å². The molecular formula is C13H16O2. The second-order valence-corrected chi connectivity index (χ2v) is 4.30. The van der Waals surface area contributed by atoms with Crippen LogP contribution in [0.1, 0.15) is 36.7 Å². The molecule has 0 aliphatic rings. The van der Waals surface area contributed by atoms with Gasteiger partial charge in [0.15, 0.2) is 0 Å². The summed E-state index contributed by atoms with van der Waals surface area (Å²) in [6, 6.07) is 6.15. The molecule has 0 spiro atoms. The molecule has 2 rings (SSSR count). The summed E-state index contributed by atoms with van der Waals surface area (Å²) in [4.78, 5) is 0. The van der Waals surface area contributed by atoms with Gasteiger partial charge in [-0.2, -0.15) is 0 Å². The van der Waals surface area contributed by atoms with Gasteiger partial charge < -0.3 is 9.52 Å². The highest BCUT2D eigenvalue weighted by molar-refractivity contribution is 5.82. The van der Waals surface area contributed by atoms with Gasteiger partial charge in [-0.15, -0.1) is 0 Å². The maximum Gasteiger partial charge on any atom is 0.137 e. The number of rotatable bonds is 2. The Labute approximate surface area is 89.5 Å². The fourth-order valence-corrected chi connectivity index (χ4v) is 1.90. The number of aliphatic hydroxyl groups is 1. The first-order chi connectivity index (χ1) is 7.11. The Morgan fingerprint density at radius 2 is 2.00 bits per heavy atom. The highest BCUT2D eigenvalue weighted by atomic mass is 16.4. The van der Waals surface area contributed by atoms with Crippen molar-refractivity contribution in [2.24, 2.45) is 0 Å². The average molecular weight is 204 g/mol. The number of furan rings is 1. The Bertz CT molecular complexity index is 480. The Hall–Kier alpha value is -1.28. The molecule has 1 aromatic carbocycles. The fourth-order valence-electron chi connectivity index (χ4n) is 1.90. The third-order valence-electron chi connectivity index (χ3n) is 2.62. The molecule has 1 N–H and O–H groups in total. The maximum atomic E-state index is 9.04. The van der Waals surface area contributed by atoms with Crippen LogP contribution in [0.5, 0.6) is 0 Å². The lowest BCUT2D eigenvalue weighted by Gasteiger charge is -2.07. The molecule has 0 radical (unpaired) electrons. The van der Waals surface area contributed by atoms with Crippen molar-refractivity contribution in [2.45, 2.75) is 33.3 Å². The Kier molecular flexibility index (Phi) is 2.53. The molecule has 80 valence electrons. The number of aryl methyl sites for hydroxylation is 1. The van der Waals surface area contributed by atoms with Crippen LogP contribution < -0.4 is 0 Å². The number of hydrogen-bond acceptors (Lipinski definition) is 2. The van der Waals surface area contributed by atoms with Crippen molar-refractivity contribution < 1.29 is 9.52 Å². The summed E-state index contributed by atoms with van der Waals surface area (Å²) in [6.45, 7) is 6.34. The maximum absolute atomic E-state index is 9.04. The molecule has 2 heteroatoms. The van der Waals surface area contributed by atoms with Gasteiger partial charge in [-0.1, -0.05) is 19.9 Å². The summed E-state index contributed by atoms with van der Waals surface area (Å²) in [5.74, 6) is 1.07. The van der Waals surface area contributed by atoms with E-state index in [1.807, 2.05) is 6.07 Å². The van der Waals surface area contributed by atoms with Crippen molar-refractivity contribution >= 4 is 11.0 Å². The molecule has 0 bridgehead atoms. The highest BCUT2D eigenvalue weighted by Gasteiger charge is 2.11. The summed E-state index contributed by atoms with van der Waals surface area (Å²) in [5.41, 5.74) is 3.36. The number of fused-ring (bicyclic) bond motifs is 1. The summed E-state index contributed by atoms with van der Waals surface area (Å²) >= 11 is 0. The van der Waals surface area contributed by atoms with Crippen LogP contribution in [0, 0.1) is 6.92 Å². The van der Waals surface area contributed by atoms with Crippen LogP contribution in [-0.4, -0.2) is 5.11 Å². The van der Waals surface area contributed by atoms with E-state index in [0.717, 1.165) is 11.0 Å². The lowest BCUT2D eigenvalue weighted by molar-refractivity contribution is 0.251. The second kappa shape index (κ2) is 3.70. The third kappa shape index (κ3) is 1.77. The van der Waals surface area contributed by atoms with Crippen molar-refractivity contribution in [1.82, 2.24) is 0 Å². The molecule has 0 aliphatic carbocycles. The molecule has 0 unspecified atom stereocenters. The predicted octanol–water partition coefficient (Wildman–Crippen LogP) is 3.36. The molecule has 0 saturated carbocycles. The second-order valence-electron chi connectivity index (χ2n) is 4.30. The van der Waals surface area contributed by atoms with Crippen LogP contribution in [0.4, 0.5) is 0 Å². The Morgan fingerprint density at radius 3 is 2.60 bits per heavy atom. The first-order valence-electron chi connectivity index (χ1n) is 5.25. The van der Waals surface area contributed by atoms with Gasteiger partial charge in [0, 0.05) is 5.39 Å². The molecule has 1 aromatic heterocycles. The van der Waals surface area contributed by atoms with E-state index < -0.39 is 0 Å². The van der Waals surface area contributed by atoms with Crippen LogP contribution in [0.3, 0.4) is 0 Å². The lowest BCUT2D eigenvalue weighted by atomic mass is 9.99. The molecule has 15 heavy (non-hydrogen) atoms. The third-order valence-corrected chi connectivity index (χ3v) is 2.62. The molecule has 0 atom stereocenters. The van der Waals surface area contributed by atoms with E-state index in [1.54, 1.807) is 0 Å². The molecule has 2 nitrogen and oxygen atoms in total. The van der Waals surface area contributed by atoms with E-state index in [0.29, 0.717) is 11.7 Å².